The maximum absolute atomic E-state index is 13.0. The van der Waals surface area contributed by atoms with Crippen LogP contribution in [0.1, 0.15) is 38.9 Å². The zero-order valence-electron chi connectivity index (χ0n) is 12.4. The van der Waals surface area contributed by atoms with Crippen LogP contribution in [-0.2, 0) is 4.74 Å². The summed E-state index contributed by atoms with van der Waals surface area (Å²) in [6, 6.07) is 5.81. The van der Waals surface area contributed by atoms with Gasteiger partial charge in [-0.1, -0.05) is 12.1 Å². The molecular formula is C15H22FNO3. The Balaban J connectivity index is 2.48. The van der Waals surface area contributed by atoms with E-state index in [2.05, 4.69) is 0 Å². The fourth-order valence-corrected chi connectivity index (χ4v) is 1.63. The summed E-state index contributed by atoms with van der Waals surface area (Å²) in [6.07, 6.45) is -0.932. The van der Waals surface area contributed by atoms with Gasteiger partial charge in [0.25, 0.3) is 0 Å². The Morgan fingerprint density at radius 3 is 2.65 bits per heavy atom. The number of nitrogens with zero attached hydrogens (tertiary/aromatic N) is 1. The molecule has 0 heterocycles. The van der Waals surface area contributed by atoms with E-state index in [-0.39, 0.29) is 5.82 Å². The van der Waals surface area contributed by atoms with Crippen LogP contribution >= 0.6 is 0 Å². The van der Waals surface area contributed by atoms with E-state index in [9.17, 15) is 14.3 Å². The molecule has 1 rings (SSSR count). The number of benzene rings is 1. The molecule has 0 bridgehead atoms. The van der Waals surface area contributed by atoms with Crippen molar-refractivity contribution >= 4 is 6.09 Å². The molecule has 0 radical (unpaired) electrons. The van der Waals surface area contributed by atoms with Gasteiger partial charge in [0.2, 0.25) is 0 Å². The largest absolute Gasteiger partial charge is 0.444 e. The fourth-order valence-electron chi connectivity index (χ4n) is 1.63. The maximum Gasteiger partial charge on any atom is 0.410 e. The molecule has 0 spiro atoms. The summed E-state index contributed by atoms with van der Waals surface area (Å²) in [7, 11) is 1.60. The molecule has 1 amide bonds. The number of halogens is 1. The van der Waals surface area contributed by atoms with Crippen LogP contribution in [-0.4, -0.2) is 35.3 Å². The predicted molar refractivity (Wildman–Crippen MR) is 74.8 cm³/mol. The molecule has 1 atom stereocenters. The van der Waals surface area contributed by atoms with Gasteiger partial charge in [0.1, 0.15) is 11.4 Å². The summed E-state index contributed by atoms with van der Waals surface area (Å²) in [5.74, 6) is -0.387. The summed E-state index contributed by atoms with van der Waals surface area (Å²) in [5.41, 5.74) is -0.0467. The second-order valence-electron chi connectivity index (χ2n) is 5.76. The summed E-state index contributed by atoms with van der Waals surface area (Å²) in [4.78, 5) is 13.1. The lowest BCUT2D eigenvalue weighted by Crippen LogP contribution is -2.35. The number of carbonyl (C=O) groups excluding carboxylic acids is 1. The van der Waals surface area contributed by atoms with E-state index >= 15 is 0 Å². The first-order chi connectivity index (χ1) is 9.19. The van der Waals surface area contributed by atoms with Gasteiger partial charge in [-0.3, -0.25) is 0 Å². The third kappa shape index (κ3) is 5.57. The highest BCUT2D eigenvalue weighted by Crippen LogP contribution is 2.18. The Kier molecular flexibility index (Phi) is 5.51. The van der Waals surface area contributed by atoms with Crippen molar-refractivity contribution in [3.05, 3.63) is 35.6 Å². The van der Waals surface area contributed by atoms with Crippen molar-refractivity contribution < 1.29 is 19.0 Å². The first kappa shape index (κ1) is 16.4. The van der Waals surface area contributed by atoms with Gasteiger partial charge < -0.3 is 14.7 Å². The lowest BCUT2D eigenvalue weighted by Gasteiger charge is -2.25. The minimum atomic E-state index is -0.810. The highest BCUT2D eigenvalue weighted by Gasteiger charge is 2.20. The normalized spacial score (nSPS) is 12.9. The molecule has 1 N–H and O–H groups in total. The zero-order valence-corrected chi connectivity index (χ0v) is 12.4. The molecule has 1 aromatic carbocycles. The van der Waals surface area contributed by atoms with Gasteiger partial charge in [0.05, 0.1) is 6.10 Å². The first-order valence-electron chi connectivity index (χ1n) is 6.56. The van der Waals surface area contributed by atoms with Crippen molar-refractivity contribution in [2.75, 3.05) is 13.6 Å². The lowest BCUT2D eigenvalue weighted by atomic mass is 10.1. The number of hydrogen-bond acceptors (Lipinski definition) is 3. The molecule has 0 aliphatic carbocycles. The van der Waals surface area contributed by atoms with E-state index in [4.69, 9.17) is 4.74 Å². The van der Waals surface area contributed by atoms with E-state index in [0.717, 1.165) is 0 Å². The number of aliphatic hydroxyl groups excluding tert-OH is 1. The first-order valence-corrected chi connectivity index (χ1v) is 6.56. The van der Waals surface area contributed by atoms with Crippen molar-refractivity contribution in [2.24, 2.45) is 0 Å². The van der Waals surface area contributed by atoms with E-state index in [0.29, 0.717) is 18.5 Å². The van der Waals surface area contributed by atoms with Gasteiger partial charge in [0.15, 0.2) is 0 Å². The number of carbonyl (C=O) groups is 1. The van der Waals surface area contributed by atoms with Crippen LogP contribution in [0.15, 0.2) is 24.3 Å². The molecule has 1 aromatic rings. The summed E-state index contributed by atoms with van der Waals surface area (Å²) in [5, 5.41) is 9.96. The lowest BCUT2D eigenvalue weighted by molar-refractivity contribution is 0.0273. The molecule has 0 aliphatic rings. The molecule has 5 heteroatoms. The van der Waals surface area contributed by atoms with Crippen LogP contribution < -0.4 is 0 Å². The molecule has 1 unspecified atom stereocenters. The van der Waals surface area contributed by atoms with Crippen molar-refractivity contribution in [3.63, 3.8) is 0 Å². The number of hydrogen-bond donors (Lipinski definition) is 1. The minimum absolute atomic E-state index is 0.319. The van der Waals surface area contributed by atoms with Crippen LogP contribution in [0.3, 0.4) is 0 Å². The van der Waals surface area contributed by atoms with Crippen LogP contribution in [0.2, 0.25) is 0 Å². The summed E-state index contributed by atoms with van der Waals surface area (Å²) >= 11 is 0. The Hall–Kier alpha value is -1.62. The number of ether oxygens (including phenoxy) is 1. The van der Waals surface area contributed by atoms with Crippen LogP contribution in [0.25, 0.3) is 0 Å². The SMILES string of the molecule is CN(CCC(O)c1cccc(F)c1)C(=O)OC(C)(C)C. The van der Waals surface area contributed by atoms with Crippen LogP contribution in [0.5, 0.6) is 0 Å². The third-order valence-corrected chi connectivity index (χ3v) is 2.68. The zero-order chi connectivity index (χ0) is 15.3. The smallest absolute Gasteiger partial charge is 0.410 e. The van der Waals surface area contributed by atoms with Gasteiger partial charge in [0, 0.05) is 13.6 Å². The van der Waals surface area contributed by atoms with Gasteiger partial charge in [-0.05, 0) is 44.9 Å². The Morgan fingerprint density at radius 1 is 1.45 bits per heavy atom. The second kappa shape index (κ2) is 6.70. The highest BCUT2D eigenvalue weighted by molar-refractivity contribution is 5.67. The average molecular weight is 283 g/mol. The van der Waals surface area contributed by atoms with Crippen molar-refractivity contribution in [1.29, 1.82) is 0 Å². The number of aliphatic hydroxyl groups is 1. The van der Waals surface area contributed by atoms with Crippen molar-refractivity contribution in [2.45, 2.75) is 38.9 Å². The molecule has 0 saturated carbocycles. The van der Waals surface area contributed by atoms with E-state index in [1.54, 1.807) is 40.0 Å². The molecule has 0 fully saturated rings. The molecule has 0 aliphatic heterocycles. The fraction of sp³-hybridized carbons (Fsp3) is 0.533. The van der Waals surface area contributed by atoms with E-state index in [1.807, 2.05) is 0 Å². The molecule has 112 valence electrons. The van der Waals surface area contributed by atoms with Crippen LogP contribution in [0, 0.1) is 5.82 Å². The highest BCUT2D eigenvalue weighted by atomic mass is 19.1. The van der Waals surface area contributed by atoms with Crippen molar-refractivity contribution in [3.8, 4) is 0 Å². The Morgan fingerprint density at radius 2 is 2.10 bits per heavy atom. The minimum Gasteiger partial charge on any atom is -0.444 e. The van der Waals surface area contributed by atoms with E-state index < -0.39 is 17.8 Å². The maximum atomic E-state index is 13.0. The topological polar surface area (TPSA) is 49.8 Å². The van der Waals surface area contributed by atoms with E-state index in [1.165, 1.54) is 17.0 Å². The van der Waals surface area contributed by atoms with Gasteiger partial charge in [-0.25, -0.2) is 9.18 Å². The molecule has 0 aromatic heterocycles. The quantitative estimate of drug-likeness (QED) is 0.923. The standard InChI is InChI=1S/C15H22FNO3/c1-15(2,3)20-14(19)17(4)9-8-13(18)11-6-5-7-12(16)10-11/h5-7,10,13,18H,8-9H2,1-4H3. The molecule has 20 heavy (non-hydrogen) atoms. The monoisotopic (exact) mass is 283 g/mol. The summed E-state index contributed by atoms with van der Waals surface area (Å²) in [6.45, 7) is 5.70. The van der Waals surface area contributed by atoms with Gasteiger partial charge >= 0.3 is 6.09 Å². The molecule has 4 nitrogen and oxygen atoms in total. The number of amides is 1. The van der Waals surface area contributed by atoms with Gasteiger partial charge in [-0.15, -0.1) is 0 Å². The predicted octanol–water partition coefficient (Wildman–Crippen LogP) is 3.12. The Labute approximate surface area is 119 Å². The van der Waals surface area contributed by atoms with Crippen molar-refractivity contribution in [1.82, 2.24) is 4.90 Å². The third-order valence-electron chi connectivity index (χ3n) is 2.68. The summed E-state index contributed by atoms with van der Waals surface area (Å²) < 4.78 is 18.2. The number of rotatable bonds is 4. The molecular weight excluding hydrogens is 261 g/mol. The van der Waals surface area contributed by atoms with Gasteiger partial charge in [-0.2, -0.15) is 0 Å². The molecule has 0 saturated heterocycles. The van der Waals surface area contributed by atoms with Crippen LogP contribution in [0.4, 0.5) is 9.18 Å². The average Bonchev–Trinajstić information content (AvgIpc) is 2.33. The Bertz CT molecular complexity index is 457. The second-order valence-corrected chi connectivity index (χ2v) is 5.76.